The molecule has 1 aliphatic carbocycles. The van der Waals surface area contributed by atoms with Crippen molar-refractivity contribution in [3.8, 4) is 5.75 Å². The summed E-state index contributed by atoms with van der Waals surface area (Å²) in [4.78, 5) is 17.5. The van der Waals surface area contributed by atoms with E-state index in [0.29, 0.717) is 37.6 Å². The lowest BCUT2D eigenvalue weighted by atomic mass is 9.88. The van der Waals surface area contributed by atoms with Gasteiger partial charge < -0.3 is 10.1 Å². The fourth-order valence-corrected chi connectivity index (χ4v) is 5.75. The maximum Gasteiger partial charge on any atom is 0.253 e. The summed E-state index contributed by atoms with van der Waals surface area (Å²) < 4.78 is 32.2. The minimum absolute atomic E-state index is 0.0629. The quantitative estimate of drug-likeness (QED) is 0.776. The predicted molar refractivity (Wildman–Crippen MR) is 117 cm³/mol. The normalized spacial score (nSPS) is 23.0. The first-order valence-electron chi connectivity index (χ1n) is 10.7. The number of hydrogen-bond acceptors (Lipinski definition) is 5. The summed E-state index contributed by atoms with van der Waals surface area (Å²) in [5.74, 6) is 1.78. The van der Waals surface area contributed by atoms with E-state index in [9.17, 15) is 13.2 Å². The Balaban J connectivity index is 1.42. The van der Waals surface area contributed by atoms with Crippen LogP contribution in [-0.4, -0.2) is 50.2 Å². The molecule has 8 heteroatoms. The van der Waals surface area contributed by atoms with Crippen molar-refractivity contribution >= 4 is 27.8 Å². The molecule has 7 nitrogen and oxygen atoms in total. The number of aliphatic imine (C=N–C) groups is 1. The van der Waals surface area contributed by atoms with Crippen LogP contribution in [0.1, 0.15) is 50.5 Å². The van der Waals surface area contributed by atoms with Crippen molar-refractivity contribution in [3.63, 3.8) is 0 Å². The summed E-state index contributed by atoms with van der Waals surface area (Å²) in [6.07, 6.45) is 8.16. The van der Waals surface area contributed by atoms with E-state index in [2.05, 4.69) is 5.32 Å². The van der Waals surface area contributed by atoms with E-state index in [1.165, 1.54) is 29.0 Å². The van der Waals surface area contributed by atoms with Crippen LogP contribution >= 0.6 is 0 Å². The highest BCUT2D eigenvalue weighted by Crippen LogP contribution is 2.35. The monoisotopic (exact) mass is 431 g/mol. The van der Waals surface area contributed by atoms with Crippen molar-refractivity contribution in [2.75, 3.05) is 20.2 Å². The van der Waals surface area contributed by atoms with Gasteiger partial charge in [-0.2, -0.15) is 4.31 Å². The van der Waals surface area contributed by atoms with Crippen molar-refractivity contribution in [3.05, 3.63) is 35.2 Å². The summed E-state index contributed by atoms with van der Waals surface area (Å²) in [6.45, 7) is 0.583. The third kappa shape index (κ3) is 4.30. The fraction of sp³-hybridized carbons (Fsp3) is 0.545. The molecular formula is C22H29N3O4S. The molecule has 1 aromatic carbocycles. The second kappa shape index (κ2) is 8.51. The molecule has 2 aliphatic heterocycles. The average Bonchev–Trinajstić information content (AvgIpc) is 3.09. The zero-order valence-electron chi connectivity index (χ0n) is 17.3. The van der Waals surface area contributed by atoms with Crippen LogP contribution < -0.4 is 10.1 Å². The van der Waals surface area contributed by atoms with Gasteiger partial charge in [0, 0.05) is 24.4 Å². The lowest BCUT2D eigenvalue weighted by Gasteiger charge is -2.34. The number of sulfonamides is 1. The number of piperidine rings is 1. The van der Waals surface area contributed by atoms with Crippen LogP contribution in [0.15, 0.2) is 34.7 Å². The number of ether oxygens (including phenoxy) is 1. The van der Waals surface area contributed by atoms with Crippen LogP contribution in [0.4, 0.5) is 0 Å². The zero-order chi connectivity index (χ0) is 21.2. The van der Waals surface area contributed by atoms with E-state index in [1.54, 1.807) is 19.3 Å². The molecule has 0 atom stereocenters. The zero-order valence-corrected chi connectivity index (χ0v) is 18.2. The van der Waals surface area contributed by atoms with Gasteiger partial charge in [0.1, 0.15) is 17.1 Å². The van der Waals surface area contributed by atoms with E-state index in [0.717, 1.165) is 24.2 Å². The molecule has 0 aromatic heterocycles. The Morgan fingerprint density at radius 1 is 1.20 bits per heavy atom. The molecule has 162 valence electrons. The Kier molecular flexibility index (Phi) is 5.97. The highest BCUT2D eigenvalue weighted by Gasteiger charge is 2.48. The summed E-state index contributed by atoms with van der Waals surface area (Å²) >= 11 is 0. The van der Waals surface area contributed by atoms with Gasteiger partial charge >= 0.3 is 0 Å². The standard InChI is InChI=1S/C22H29N3O4S/c1-29-19-9-5-6-17(16-19)10-15-30(27,28)25-13-11-22(12-14-25)21(26)23-20(24-22)18-7-3-2-4-8-18/h5-6,9-10,15-16,18H,2-4,7-8,11-14H2,1H3,(H,23,24,26). The maximum absolute atomic E-state index is 12.8. The Labute approximate surface area is 178 Å². The SMILES string of the molecule is COc1cccc(C=CS(=O)(=O)N2CCC3(CC2)N=C(C2CCCCC2)NC3=O)c1. The van der Waals surface area contributed by atoms with Crippen LogP contribution in [0.25, 0.3) is 6.08 Å². The molecule has 3 aliphatic rings. The van der Waals surface area contributed by atoms with Crippen LogP contribution in [-0.2, 0) is 14.8 Å². The Hall–Kier alpha value is -2.19. The molecule has 1 saturated carbocycles. The minimum atomic E-state index is -3.57. The van der Waals surface area contributed by atoms with Gasteiger partial charge in [0.15, 0.2) is 0 Å². The maximum atomic E-state index is 12.8. The molecule has 1 N–H and O–H groups in total. The smallest absolute Gasteiger partial charge is 0.253 e. The number of carbonyl (C=O) groups is 1. The molecule has 1 amide bonds. The number of methoxy groups -OCH3 is 1. The van der Waals surface area contributed by atoms with Gasteiger partial charge in [0.05, 0.1) is 7.11 Å². The highest BCUT2D eigenvalue weighted by atomic mass is 32.2. The largest absolute Gasteiger partial charge is 0.497 e. The summed E-state index contributed by atoms with van der Waals surface area (Å²) in [5.41, 5.74) is -0.0433. The lowest BCUT2D eigenvalue weighted by molar-refractivity contribution is -0.124. The van der Waals surface area contributed by atoms with Gasteiger partial charge in [-0.05, 0) is 49.5 Å². The van der Waals surface area contributed by atoms with Crippen LogP contribution in [0.3, 0.4) is 0 Å². The van der Waals surface area contributed by atoms with Crippen molar-refractivity contribution in [2.24, 2.45) is 10.9 Å². The molecule has 4 rings (SSSR count). The van der Waals surface area contributed by atoms with Crippen LogP contribution in [0.2, 0.25) is 0 Å². The first kappa shape index (κ1) is 21.1. The molecule has 1 aromatic rings. The Morgan fingerprint density at radius 2 is 1.93 bits per heavy atom. The van der Waals surface area contributed by atoms with E-state index >= 15 is 0 Å². The Bertz CT molecular complexity index is 956. The topological polar surface area (TPSA) is 88.1 Å². The lowest BCUT2D eigenvalue weighted by Crippen LogP contribution is -2.50. The minimum Gasteiger partial charge on any atom is -0.497 e. The molecule has 2 heterocycles. The second-order valence-corrected chi connectivity index (χ2v) is 10.2. The second-order valence-electron chi connectivity index (χ2n) is 8.34. The van der Waals surface area contributed by atoms with Gasteiger partial charge in [0.2, 0.25) is 10.0 Å². The van der Waals surface area contributed by atoms with Crippen molar-refractivity contribution in [1.29, 1.82) is 0 Å². The molecule has 0 unspecified atom stereocenters. The van der Waals surface area contributed by atoms with Crippen molar-refractivity contribution in [1.82, 2.24) is 9.62 Å². The third-order valence-electron chi connectivity index (χ3n) is 6.43. The third-order valence-corrected chi connectivity index (χ3v) is 7.99. The Morgan fingerprint density at radius 3 is 2.63 bits per heavy atom. The van der Waals surface area contributed by atoms with E-state index in [4.69, 9.17) is 9.73 Å². The number of hydrogen-bond donors (Lipinski definition) is 1. The molecule has 2 fully saturated rings. The summed E-state index contributed by atoms with van der Waals surface area (Å²) in [5, 5.41) is 4.24. The number of nitrogens with zero attached hydrogens (tertiary/aromatic N) is 2. The summed E-state index contributed by atoms with van der Waals surface area (Å²) in [6, 6.07) is 7.23. The highest BCUT2D eigenvalue weighted by molar-refractivity contribution is 7.92. The van der Waals surface area contributed by atoms with Gasteiger partial charge in [-0.25, -0.2) is 8.42 Å². The van der Waals surface area contributed by atoms with Gasteiger partial charge in [-0.3, -0.25) is 9.79 Å². The summed E-state index contributed by atoms with van der Waals surface area (Å²) in [7, 11) is -1.99. The first-order chi connectivity index (χ1) is 14.4. The molecule has 1 saturated heterocycles. The van der Waals surface area contributed by atoms with E-state index in [1.807, 2.05) is 18.2 Å². The van der Waals surface area contributed by atoms with Crippen molar-refractivity contribution < 1.29 is 17.9 Å². The number of rotatable bonds is 5. The molecular weight excluding hydrogens is 402 g/mol. The van der Waals surface area contributed by atoms with E-state index < -0.39 is 15.6 Å². The van der Waals surface area contributed by atoms with Gasteiger partial charge in [0.25, 0.3) is 5.91 Å². The number of carbonyl (C=O) groups excluding carboxylic acids is 1. The van der Waals surface area contributed by atoms with Gasteiger partial charge in [-0.15, -0.1) is 0 Å². The van der Waals surface area contributed by atoms with Crippen LogP contribution in [0, 0.1) is 5.92 Å². The number of benzene rings is 1. The number of amides is 1. The predicted octanol–water partition coefficient (Wildman–Crippen LogP) is 2.94. The molecule has 1 spiro atoms. The number of nitrogens with one attached hydrogen (secondary N) is 1. The van der Waals surface area contributed by atoms with Gasteiger partial charge in [-0.1, -0.05) is 31.4 Å². The fourth-order valence-electron chi connectivity index (χ4n) is 4.56. The van der Waals surface area contributed by atoms with E-state index in [-0.39, 0.29) is 5.91 Å². The molecule has 0 bridgehead atoms. The first-order valence-corrected chi connectivity index (χ1v) is 12.2. The molecule has 30 heavy (non-hydrogen) atoms. The van der Waals surface area contributed by atoms with Crippen LogP contribution in [0.5, 0.6) is 5.75 Å². The number of amidine groups is 1. The molecule has 0 radical (unpaired) electrons. The average molecular weight is 432 g/mol. The van der Waals surface area contributed by atoms with Crippen molar-refractivity contribution in [2.45, 2.75) is 50.5 Å².